The molecule has 1 saturated carbocycles. The highest BCUT2D eigenvalue weighted by molar-refractivity contribution is 5.70. The largest absolute Gasteiger partial charge is 0.484 e. The van der Waals surface area contributed by atoms with Crippen LogP contribution in [0.5, 0.6) is 5.75 Å². The molecular weight excluding hydrogens is 235 g/mol. The first kappa shape index (κ1) is 12.9. The smallest absolute Gasteiger partial charge is 0.309 e. The standard InChI is InChI=1S/C14H17FO3/c1-10-5-3-6-11(13(10)15)18-14(7-4-8-14)9-12(16)17-2/h3,5-6H,4,7-9H2,1-2H3. The number of carbonyl (C=O) groups is 1. The van der Waals surface area contributed by atoms with Gasteiger partial charge in [0.05, 0.1) is 13.5 Å². The summed E-state index contributed by atoms with van der Waals surface area (Å²) in [5.41, 5.74) is -0.0399. The number of benzene rings is 1. The molecule has 0 N–H and O–H groups in total. The minimum absolute atomic E-state index is 0.177. The van der Waals surface area contributed by atoms with Crippen LogP contribution in [0.25, 0.3) is 0 Å². The summed E-state index contributed by atoms with van der Waals surface area (Å²) in [6.45, 7) is 1.69. The van der Waals surface area contributed by atoms with Crippen molar-refractivity contribution in [3.8, 4) is 5.75 Å². The fourth-order valence-corrected chi connectivity index (χ4v) is 2.15. The Morgan fingerprint density at radius 3 is 2.72 bits per heavy atom. The summed E-state index contributed by atoms with van der Waals surface area (Å²) in [7, 11) is 1.35. The van der Waals surface area contributed by atoms with E-state index in [-0.39, 0.29) is 24.0 Å². The lowest BCUT2D eigenvalue weighted by Gasteiger charge is -2.41. The molecule has 1 aliphatic rings. The summed E-state index contributed by atoms with van der Waals surface area (Å²) in [5, 5.41) is 0. The Bertz CT molecular complexity index is 452. The first-order chi connectivity index (χ1) is 8.56. The molecule has 1 aliphatic carbocycles. The van der Waals surface area contributed by atoms with Gasteiger partial charge in [0.25, 0.3) is 0 Å². The second-order valence-electron chi connectivity index (χ2n) is 4.78. The van der Waals surface area contributed by atoms with Crippen molar-refractivity contribution in [2.75, 3.05) is 7.11 Å². The third-order valence-electron chi connectivity index (χ3n) is 3.44. The summed E-state index contributed by atoms with van der Waals surface area (Å²) in [4.78, 5) is 11.4. The van der Waals surface area contributed by atoms with Crippen LogP contribution in [0.3, 0.4) is 0 Å². The van der Waals surface area contributed by atoms with E-state index < -0.39 is 5.60 Å². The predicted molar refractivity (Wildman–Crippen MR) is 65.0 cm³/mol. The highest BCUT2D eigenvalue weighted by Gasteiger charge is 2.42. The molecule has 0 radical (unpaired) electrons. The number of methoxy groups -OCH3 is 1. The second-order valence-corrected chi connectivity index (χ2v) is 4.78. The van der Waals surface area contributed by atoms with Gasteiger partial charge >= 0.3 is 5.97 Å². The SMILES string of the molecule is COC(=O)CC1(Oc2cccc(C)c2F)CCC1. The predicted octanol–water partition coefficient (Wildman–Crippen LogP) is 3.00. The quantitative estimate of drug-likeness (QED) is 0.773. The fourth-order valence-electron chi connectivity index (χ4n) is 2.15. The molecule has 1 aromatic rings. The van der Waals surface area contributed by atoms with E-state index in [1.165, 1.54) is 7.11 Å². The molecule has 0 saturated heterocycles. The van der Waals surface area contributed by atoms with Crippen molar-refractivity contribution in [2.45, 2.75) is 38.2 Å². The molecule has 0 spiro atoms. The van der Waals surface area contributed by atoms with Crippen LogP contribution in [0.4, 0.5) is 4.39 Å². The van der Waals surface area contributed by atoms with Gasteiger partial charge in [-0.3, -0.25) is 4.79 Å². The van der Waals surface area contributed by atoms with E-state index in [2.05, 4.69) is 4.74 Å². The molecule has 0 bridgehead atoms. The third-order valence-corrected chi connectivity index (χ3v) is 3.44. The molecule has 0 unspecified atom stereocenters. The van der Waals surface area contributed by atoms with Gasteiger partial charge in [-0.15, -0.1) is 0 Å². The summed E-state index contributed by atoms with van der Waals surface area (Å²) >= 11 is 0. The van der Waals surface area contributed by atoms with E-state index >= 15 is 0 Å². The van der Waals surface area contributed by atoms with Gasteiger partial charge in [0.2, 0.25) is 0 Å². The zero-order chi connectivity index (χ0) is 13.2. The molecule has 3 nitrogen and oxygen atoms in total. The number of hydrogen-bond donors (Lipinski definition) is 0. The summed E-state index contributed by atoms with van der Waals surface area (Å²) in [5.74, 6) is -0.449. The Balaban J connectivity index is 2.15. The first-order valence-electron chi connectivity index (χ1n) is 6.07. The molecule has 1 fully saturated rings. The Morgan fingerprint density at radius 2 is 2.17 bits per heavy atom. The molecule has 2 rings (SSSR count). The monoisotopic (exact) mass is 252 g/mol. The molecule has 0 amide bonds. The van der Waals surface area contributed by atoms with Crippen LogP contribution in [0.2, 0.25) is 0 Å². The Morgan fingerprint density at radius 1 is 1.44 bits per heavy atom. The van der Waals surface area contributed by atoms with Crippen molar-refractivity contribution in [2.24, 2.45) is 0 Å². The number of rotatable bonds is 4. The maximum atomic E-state index is 13.9. The van der Waals surface area contributed by atoms with Crippen LogP contribution in [-0.2, 0) is 9.53 Å². The molecule has 0 aliphatic heterocycles. The van der Waals surface area contributed by atoms with Crippen LogP contribution in [0.15, 0.2) is 18.2 Å². The van der Waals surface area contributed by atoms with Crippen molar-refractivity contribution in [1.82, 2.24) is 0 Å². The molecule has 1 aromatic carbocycles. The van der Waals surface area contributed by atoms with Crippen molar-refractivity contribution in [1.29, 1.82) is 0 Å². The molecule has 4 heteroatoms. The van der Waals surface area contributed by atoms with E-state index in [1.54, 1.807) is 25.1 Å². The van der Waals surface area contributed by atoms with Gasteiger partial charge in [0.15, 0.2) is 11.6 Å². The van der Waals surface area contributed by atoms with Crippen LogP contribution < -0.4 is 4.74 Å². The summed E-state index contributed by atoms with van der Waals surface area (Å²) < 4.78 is 24.3. The van der Waals surface area contributed by atoms with Crippen LogP contribution in [0.1, 0.15) is 31.2 Å². The zero-order valence-electron chi connectivity index (χ0n) is 10.7. The molecule has 18 heavy (non-hydrogen) atoms. The summed E-state index contributed by atoms with van der Waals surface area (Å²) in [6.07, 6.45) is 2.69. The summed E-state index contributed by atoms with van der Waals surface area (Å²) in [6, 6.07) is 5.04. The second kappa shape index (κ2) is 4.96. The topological polar surface area (TPSA) is 35.5 Å². The number of aryl methyl sites for hydroxylation is 1. The lowest BCUT2D eigenvalue weighted by atomic mass is 9.77. The molecule has 0 atom stereocenters. The lowest BCUT2D eigenvalue weighted by Crippen LogP contribution is -2.45. The van der Waals surface area contributed by atoms with Crippen LogP contribution >= 0.6 is 0 Å². The minimum Gasteiger partial charge on any atom is -0.484 e. The lowest BCUT2D eigenvalue weighted by molar-refractivity contribution is -0.148. The van der Waals surface area contributed by atoms with Gasteiger partial charge in [0, 0.05) is 0 Å². The van der Waals surface area contributed by atoms with Gasteiger partial charge in [0.1, 0.15) is 5.60 Å². The highest BCUT2D eigenvalue weighted by atomic mass is 19.1. The van der Waals surface area contributed by atoms with Crippen molar-refractivity contribution < 1.29 is 18.7 Å². The first-order valence-corrected chi connectivity index (χ1v) is 6.07. The van der Waals surface area contributed by atoms with Gasteiger partial charge < -0.3 is 9.47 Å². The Kier molecular flexibility index (Phi) is 3.55. The van der Waals surface area contributed by atoms with E-state index in [0.717, 1.165) is 19.3 Å². The maximum absolute atomic E-state index is 13.9. The molecule has 98 valence electrons. The van der Waals surface area contributed by atoms with Crippen molar-refractivity contribution >= 4 is 5.97 Å². The van der Waals surface area contributed by atoms with E-state index in [4.69, 9.17) is 4.74 Å². The minimum atomic E-state index is -0.582. The van der Waals surface area contributed by atoms with Gasteiger partial charge in [-0.05, 0) is 37.8 Å². The van der Waals surface area contributed by atoms with Gasteiger partial charge in [-0.1, -0.05) is 12.1 Å². The zero-order valence-corrected chi connectivity index (χ0v) is 10.7. The molecule has 0 aromatic heterocycles. The Labute approximate surface area is 106 Å². The number of halogens is 1. The van der Waals surface area contributed by atoms with E-state index in [0.29, 0.717) is 5.56 Å². The van der Waals surface area contributed by atoms with Crippen molar-refractivity contribution in [3.63, 3.8) is 0 Å². The number of carbonyl (C=O) groups excluding carboxylic acids is 1. The Hall–Kier alpha value is -1.58. The van der Waals surface area contributed by atoms with Gasteiger partial charge in [-0.2, -0.15) is 0 Å². The normalized spacial score (nSPS) is 16.8. The number of esters is 1. The van der Waals surface area contributed by atoms with Crippen LogP contribution in [0, 0.1) is 12.7 Å². The highest BCUT2D eigenvalue weighted by Crippen LogP contribution is 2.40. The molecular formula is C14H17FO3. The van der Waals surface area contributed by atoms with E-state index in [9.17, 15) is 9.18 Å². The average Bonchev–Trinajstić information content (AvgIpc) is 2.31. The maximum Gasteiger partial charge on any atom is 0.309 e. The van der Waals surface area contributed by atoms with Gasteiger partial charge in [-0.25, -0.2) is 4.39 Å². The third kappa shape index (κ3) is 2.47. The number of hydrogen-bond acceptors (Lipinski definition) is 3. The van der Waals surface area contributed by atoms with Crippen molar-refractivity contribution in [3.05, 3.63) is 29.6 Å². The molecule has 0 heterocycles. The van der Waals surface area contributed by atoms with E-state index in [1.807, 2.05) is 0 Å². The van der Waals surface area contributed by atoms with Crippen LogP contribution in [-0.4, -0.2) is 18.7 Å². The number of ether oxygens (including phenoxy) is 2. The fraction of sp³-hybridized carbons (Fsp3) is 0.500. The average molecular weight is 252 g/mol.